The first-order chi connectivity index (χ1) is 14.7. The summed E-state index contributed by atoms with van der Waals surface area (Å²) >= 11 is -1.82. The average Bonchev–Trinajstić information content (AvgIpc) is 3.07. The zero-order valence-electron chi connectivity index (χ0n) is 16.5. The fourth-order valence-electron chi connectivity index (χ4n) is 2.76. The van der Waals surface area contributed by atoms with Crippen molar-refractivity contribution in [2.75, 3.05) is 31.8 Å². The predicted molar refractivity (Wildman–Crippen MR) is 113 cm³/mol. The molecule has 2 aromatic heterocycles. The van der Waals surface area contributed by atoms with Crippen molar-refractivity contribution < 1.29 is 22.7 Å². The number of ether oxygens (including phenoxy) is 1. The van der Waals surface area contributed by atoms with Crippen molar-refractivity contribution in [1.29, 1.82) is 0 Å². The van der Waals surface area contributed by atoms with Gasteiger partial charge in [-0.25, -0.2) is 0 Å². The van der Waals surface area contributed by atoms with Gasteiger partial charge in [0.25, 0.3) is 0 Å². The molecule has 0 bridgehead atoms. The number of nitrogens with two attached hydrogens (primary N) is 1. The molecule has 0 spiro atoms. The zero-order chi connectivity index (χ0) is 22.6. The van der Waals surface area contributed by atoms with E-state index in [9.17, 15) is 18.0 Å². The number of hydrogen-bond donors (Lipinski definition) is 3. The van der Waals surface area contributed by atoms with Crippen molar-refractivity contribution in [2.24, 2.45) is 0 Å². The van der Waals surface area contributed by atoms with Gasteiger partial charge in [-0.1, -0.05) is 0 Å². The van der Waals surface area contributed by atoms with E-state index in [0.29, 0.717) is 22.5 Å². The van der Waals surface area contributed by atoms with Crippen molar-refractivity contribution in [1.82, 2.24) is 14.9 Å². The second kappa shape index (κ2) is 9.20. The first-order valence-corrected chi connectivity index (χ1v) is 10.6. The number of nitrogens with one attached hydrogen (secondary N) is 2. The van der Waals surface area contributed by atoms with Crippen LogP contribution in [0.2, 0.25) is 0 Å². The van der Waals surface area contributed by atoms with Gasteiger partial charge in [0.05, 0.1) is 0 Å². The van der Waals surface area contributed by atoms with Gasteiger partial charge in [0.15, 0.2) is 0 Å². The molecule has 0 aliphatic carbocycles. The second-order valence-electron chi connectivity index (χ2n) is 6.12. The third-order valence-electron chi connectivity index (χ3n) is 4.12. The van der Waals surface area contributed by atoms with Crippen LogP contribution in [0.5, 0.6) is 5.75 Å². The van der Waals surface area contributed by atoms with Crippen LogP contribution in [0.4, 0.5) is 24.7 Å². The number of benzene rings is 1. The summed E-state index contributed by atoms with van der Waals surface area (Å²) in [5.74, 6) is 5.90. The zero-order valence-corrected chi connectivity index (χ0v) is 18.2. The van der Waals surface area contributed by atoms with Crippen LogP contribution < -0.4 is 25.6 Å². The van der Waals surface area contributed by atoms with Crippen LogP contribution >= 0.6 is 0 Å². The molecule has 31 heavy (non-hydrogen) atoms. The van der Waals surface area contributed by atoms with Crippen LogP contribution in [-0.4, -0.2) is 56.3 Å². The summed E-state index contributed by atoms with van der Waals surface area (Å²) in [7, 11) is 2.99. The monoisotopic (exact) mass is 497 g/mol. The Labute approximate surface area is 182 Å². The van der Waals surface area contributed by atoms with E-state index in [4.69, 9.17) is 10.5 Å². The molecule has 3 aromatic rings. The number of carbonyl (C=O) groups is 1. The molecule has 0 saturated heterocycles. The molecule has 0 radical (unpaired) electrons. The fourth-order valence-corrected chi connectivity index (χ4v) is 4.18. The number of fused-ring (bicyclic) bond motifs is 1. The van der Waals surface area contributed by atoms with Crippen molar-refractivity contribution in [2.45, 2.75) is 5.07 Å². The van der Waals surface area contributed by atoms with E-state index in [1.54, 1.807) is 30.3 Å². The van der Waals surface area contributed by atoms with Crippen molar-refractivity contribution >= 4 is 42.3 Å². The van der Waals surface area contributed by atoms with Gasteiger partial charge in [0, 0.05) is 7.05 Å². The number of hydrogen-bond acceptors (Lipinski definition) is 5. The normalized spacial score (nSPS) is 11.0. The van der Waals surface area contributed by atoms with Gasteiger partial charge in [-0.3, -0.25) is 0 Å². The molecule has 0 aliphatic heterocycles. The topological polar surface area (TPSA) is 93.7 Å². The molecule has 0 unspecified atom stereocenters. The molecule has 11 heteroatoms. The van der Waals surface area contributed by atoms with Crippen LogP contribution in [0.25, 0.3) is 5.52 Å². The molecule has 4 N–H and O–H groups in total. The van der Waals surface area contributed by atoms with Crippen LogP contribution in [0.3, 0.4) is 0 Å². The average molecular weight is 496 g/mol. The number of rotatable bonds is 5. The molecule has 2 heterocycles. The second-order valence-corrected chi connectivity index (χ2v) is 8.38. The fraction of sp³-hybridized carbons (Fsp3) is 0.200. The Morgan fingerprint density at radius 1 is 1.32 bits per heavy atom. The Morgan fingerprint density at radius 2 is 2.10 bits per heavy atom. The van der Waals surface area contributed by atoms with E-state index < -0.39 is 20.0 Å². The van der Waals surface area contributed by atoms with E-state index in [-0.39, 0.29) is 28.4 Å². The van der Waals surface area contributed by atoms with Crippen molar-refractivity contribution in [3.05, 3.63) is 47.7 Å². The van der Waals surface area contributed by atoms with Gasteiger partial charge in [0.1, 0.15) is 0 Å². The molecule has 1 aromatic carbocycles. The molecule has 0 saturated carbocycles. The summed E-state index contributed by atoms with van der Waals surface area (Å²) in [4.78, 5) is 11.7. The molecule has 7 nitrogen and oxygen atoms in total. The summed E-state index contributed by atoms with van der Waals surface area (Å²) in [6, 6.07) is 9.52. The van der Waals surface area contributed by atoms with Gasteiger partial charge < -0.3 is 0 Å². The number of anilines is 2. The number of pyridine rings is 1. The van der Waals surface area contributed by atoms with Crippen molar-refractivity contribution in [3.8, 4) is 17.6 Å². The number of methoxy groups -OCH3 is 1. The van der Waals surface area contributed by atoms with Crippen LogP contribution in [-0.2, 0) is 0 Å². The van der Waals surface area contributed by atoms with Gasteiger partial charge in [0.2, 0.25) is 0 Å². The minimum atomic E-state index is -4.35. The summed E-state index contributed by atoms with van der Waals surface area (Å²) in [6.07, 6.45) is 0. The number of aromatic nitrogens is 2. The van der Waals surface area contributed by atoms with E-state index in [0.717, 1.165) is 0 Å². The molecule has 162 valence electrons. The number of amides is 1. The van der Waals surface area contributed by atoms with Gasteiger partial charge in [-0.05, 0) is 0 Å². The van der Waals surface area contributed by atoms with Crippen LogP contribution in [0.15, 0.2) is 36.4 Å². The quantitative estimate of drug-likeness (QED) is 0.369. The SMILES string of the molecule is CNC(=O)c1ccc(NCC#Cc2nn3c(N)cccc3c2[Se]C(F)(F)F)c(OC)c1. The van der Waals surface area contributed by atoms with Gasteiger partial charge >= 0.3 is 175 Å². The third-order valence-corrected chi connectivity index (χ3v) is 5.88. The van der Waals surface area contributed by atoms with E-state index in [1.165, 1.54) is 24.7 Å². The number of halogens is 3. The Morgan fingerprint density at radius 3 is 2.77 bits per heavy atom. The molecule has 0 atom stereocenters. The van der Waals surface area contributed by atoms with Crippen LogP contribution in [0.1, 0.15) is 16.1 Å². The maximum absolute atomic E-state index is 13.1. The molecular weight excluding hydrogens is 478 g/mol. The molecule has 1 amide bonds. The Balaban J connectivity index is 1.84. The number of nitrogens with zero attached hydrogens (tertiary/aromatic N) is 2. The predicted octanol–water partition coefficient (Wildman–Crippen LogP) is 1.60. The van der Waals surface area contributed by atoms with Crippen molar-refractivity contribution in [3.63, 3.8) is 0 Å². The summed E-state index contributed by atoms with van der Waals surface area (Å²) < 4.78 is 45.9. The minimum absolute atomic E-state index is 0.0345. The van der Waals surface area contributed by atoms with E-state index in [2.05, 4.69) is 27.6 Å². The summed E-state index contributed by atoms with van der Waals surface area (Å²) in [6.45, 7) is 0.123. The molecular formula is C20H18F3N5O2Se. The number of carbonyl (C=O) groups excluding carboxylic acids is 1. The number of alkyl halides is 3. The standard InChI is InChI=1S/C20H18F3N5O2Se/c1-25-19(29)12-8-9-13(16(11-12)30-2)26-10-4-5-14-18(31-20(21,22)23)15-6-3-7-17(24)28(15)27-14/h3,6-9,11,26H,10,24H2,1-2H3,(H,25,29). The first kappa shape index (κ1) is 22.3. The summed E-state index contributed by atoms with van der Waals surface area (Å²) in [5.41, 5.74) is 7.18. The van der Waals surface area contributed by atoms with Gasteiger partial charge in [-0.15, -0.1) is 0 Å². The Kier molecular flexibility index (Phi) is 6.63. The molecule has 0 aliphatic rings. The van der Waals surface area contributed by atoms with Gasteiger partial charge in [-0.2, -0.15) is 0 Å². The Hall–Kier alpha value is -3.35. The first-order valence-electron chi connectivity index (χ1n) is 8.89. The number of nitrogen functional groups attached to an aromatic ring is 1. The van der Waals surface area contributed by atoms with E-state index >= 15 is 0 Å². The third kappa shape index (κ3) is 5.23. The maximum atomic E-state index is 13.1. The van der Waals surface area contributed by atoms with E-state index in [1.807, 2.05) is 0 Å². The van der Waals surface area contributed by atoms with Crippen LogP contribution in [0, 0.1) is 11.8 Å². The molecule has 0 fully saturated rings. The summed E-state index contributed by atoms with van der Waals surface area (Å²) in [5, 5.41) is 5.35. The Bertz CT molecular complexity index is 1180. The molecule has 3 rings (SSSR count).